The molecular formula is C20H34O4. The van der Waals surface area contributed by atoms with Crippen LogP contribution >= 0.6 is 0 Å². The van der Waals surface area contributed by atoms with Gasteiger partial charge in [-0.3, -0.25) is 9.59 Å². The summed E-state index contributed by atoms with van der Waals surface area (Å²) >= 11 is 0. The van der Waals surface area contributed by atoms with Gasteiger partial charge in [-0.15, -0.1) is 0 Å². The van der Waals surface area contributed by atoms with Gasteiger partial charge in [0.15, 0.2) is 0 Å². The van der Waals surface area contributed by atoms with E-state index < -0.39 is 17.3 Å². The van der Waals surface area contributed by atoms with E-state index in [0.717, 1.165) is 57.8 Å². The summed E-state index contributed by atoms with van der Waals surface area (Å²) in [5.74, 6) is -1.43. The Morgan fingerprint density at radius 2 is 1.58 bits per heavy atom. The van der Waals surface area contributed by atoms with Crippen molar-refractivity contribution in [2.75, 3.05) is 6.61 Å². The zero-order chi connectivity index (χ0) is 17.6. The van der Waals surface area contributed by atoms with Crippen molar-refractivity contribution in [1.29, 1.82) is 0 Å². The Kier molecular flexibility index (Phi) is 7.12. The second kappa shape index (κ2) is 8.87. The highest BCUT2D eigenvalue weighted by Gasteiger charge is 2.54. The number of aliphatic carboxylic acids is 1. The molecule has 0 aromatic heterocycles. The first-order valence-electron chi connectivity index (χ1n) is 9.91. The van der Waals surface area contributed by atoms with E-state index in [4.69, 9.17) is 4.74 Å². The lowest BCUT2D eigenvalue weighted by Crippen LogP contribution is -2.50. The SMILES string of the molecule is CCCOC(=O)[C@](C)(C1CCCCC1)[C@@H](C(=O)O)C1CCCCC1. The number of hydrogen-bond donors (Lipinski definition) is 1. The Labute approximate surface area is 146 Å². The number of carbonyl (C=O) groups excluding carboxylic acids is 1. The predicted molar refractivity (Wildman–Crippen MR) is 93.6 cm³/mol. The third kappa shape index (κ3) is 4.12. The van der Waals surface area contributed by atoms with Crippen molar-refractivity contribution in [1.82, 2.24) is 0 Å². The molecule has 0 aromatic carbocycles. The molecule has 0 bridgehead atoms. The molecule has 0 aromatic rings. The van der Waals surface area contributed by atoms with Crippen molar-refractivity contribution >= 4 is 11.9 Å². The molecule has 0 amide bonds. The van der Waals surface area contributed by atoms with E-state index >= 15 is 0 Å². The molecule has 24 heavy (non-hydrogen) atoms. The van der Waals surface area contributed by atoms with Gasteiger partial charge in [-0.1, -0.05) is 45.4 Å². The Morgan fingerprint density at radius 3 is 2.08 bits per heavy atom. The van der Waals surface area contributed by atoms with E-state index in [-0.39, 0.29) is 17.8 Å². The number of hydrogen-bond acceptors (Lipinski definition) is 3. The first-order valence-corrected chi connectivity index (χ1v) is 9.91. The number of carboxylic acid groups (broad SMARTS) is 1. The molecule has 0 radical (unpaired) electrons. The lowest BCUT2D eigenvalue weighted by molar-refractivity contribution is -0.176. The lowest BCUT2D eigenvalue weighted by Gasteiger charge is -2.45. The number of rotatable bonds is 7. The fraction of sp³-hybridized carbons (Fsp3) is 0.900. The molecule has 0 unspecified atom stereocenters. The van der Waals surface area contributed by atoms with Crippen LogP contribution in [0.5, 0.6) is 0 Å². The maximum atomic E-state index is 13.0. The number of carbonyl (C=O) groups is 2. The van der Waals surface area contributed by atoms with E-state index in [1.807, 2.05) is 13.8 Å². The molecule has 2 rings (SSSR count). The smallest absolute Gasteiger partial charge is 0.312 e. The third-order valence-electron chi connectivity index (χ3n) is 6.36. The van der Waals surface area contributed by atoms with Gasteiger partial charge >= 0.3 is 11.9 Å². The van der Waals surface area contributed by atoms with Gasteiger partial charge < -0.3 is 9.84 Å². The molecule has 2 aliphatic carbocycles. The molecular weight excluding hydrogens is 304 g/mol. The lowest BCUT2D eigenvalue weighted by atomic mass is 9.58. The number of esters is 1. The number of carboxylic acids is 1. The van der Waals surface area contributed by atoms with Crippen LogP contribution in [0.4, 0.5) is 0 Å². The standard InChI is InChI=1S/C20H34O4/c1-3-14-24-19(23)20(2,16-12-8-5-9-13-16)17(18(21)22)15-10-6-4-7-11-15/h15-17H,3-14H2,1-2H3,(H,21,22)/t17-,20-/m1/s1. The van der Waals surface area contributed by atoms with Crippen molar-refractivity contribution < 1.29 is 19.4 Å². The average Bonchev–Trinajstić information content (AvgIpc) is 2.61. The van der Waals surface area contributed by atoms with Gasteiger partial charge in [0.1, 0.15) is 0 Å². The van der Waals surface area contributed by atoms with Crippen molar-refractivity contribution in [3.8, 4) is 0 Å². The Morgan fingerprint density at radius 1 is 1.04 bits per heavy atom. The fourth-order valence-electron chi connectivity index (χ4n) is 5.02. The highest BCUT2D eigenvalue weighted by Crippen LogP contribution is 2.50. The van der Waals surface area contributed by atoms with E-state index in [9.17, 15) is 14.7 Å². The minimum atomic E-state index is -0.885. The quantitative estimate of drug-likeness (QED) is 0.677. The van der Waals surface area contributed by atoms with Crippen LogP contribution in [0.25, 0.3) is 0 Å². The number of ether oxygens (including phenoxy) is 1. The van der Waals surface area contributed by atoms with Crippen LogP contribution in [0.1, 0.15) is 84.5 Å². The highest BCUT2D eigenvalue weighted by atomic mass is 16.5. The summed E-state index contributed by atoms with van der Waals surface area (Å²) in [4.78, 5) is 25.3. The maximum absolute atomic E-state index is 13.0. The van der Waals surface area contributed by atoms with Crippen LogP contribution in [-0.2, 0) is 14.3 Å². The zero-order valence-electron chi connectivity index (χ0n) is 15.4. The Hall–Kier alpha value is -1.06. The summed E-state index contributed by atoms with van der Waals surface area (Å²) in [5, 5.41) is 10.1. The molecule has 0 heterocycles. The first kappa shape index (κ1) is 19.3. The molecule has 0 saturated heterocycles. The first-order chi connectivity index (χ1) is 11.5. The highest BCUT2D eigenvalue weighted by molar-refractivity contribution is 5.85. The normalized spacial score (nSPS) is 24.1. The minimum absolute atomic E-state index is 0.109. The van der Waals surface area contributed by atoms with Crippen molar-refractivity contribution in [2.45, 2.75) is 84.5 Å². The van der Waals surface area contributed by atoms with E-state index in [1.54, 1.807) is 0 Å². The van der Waals surface area contributed by atoms with Crippen molar-refractivity contribution in [3.05, 3.63) is 0 Å². The second-order valence-electron chi connectivity index (χ2n) is 7.97. The molecule has 2 fully saturated rings. The Bertz CT molecular complexity index is 421. The molecule has 2 aliphatic rings. The van der Waals surface area contributed by atoms with Gasteiger partial charge in [-0.25, -0.2) is 0 Å². The summed E-state index contributed by atoms with van der Waals surface area (Å²) < 4.78 is 5.53. The van der Waals surface area contributed by atoms with Crippen LogP contribution in [0.15, 0.2) is 0 Å². The monoisotopic (exact) mass is 338 g/mol. The van der Waals surface area contributed by atoms with Crippen LogP contribution in [0, 0.1) is 23.2 Å². The zero-order valence-corrected chi connectivity index (χ0v) is 15.4. The Balaban J connectivity index is 2.32. The van der Waals surface area contributed by atoms with Gasteiger partial charge in [0.2, 0.25) is 0 Å². The molecule has 1 N–H and O–H groups in total. The molecule has 138 valence electrons. The second-order valence-corrected chi connectivity index (χ2v) is 7.97. The minimum Gasteiger partial charge on any atom is -0.481 e. The van der Waals surface area contributed by atoms with E-state index in [1.165, 1.54) is 12.8 Å². The molecule has 4 heteroatoms. The predicted octanol–water partition coefficient (Wildman–Crippen LogP) is 4.81. The summed E-state index contributed by atoms with van der Waals surface area (Å²) in [6.07, 6.45) is 11.3. The maximum Gasteiger partial charge on any atom is 0.312 e. The van der Waals surface area contributed by atoms with Crippen LogP contribution < -0.4 is 0 Å². The van der Waals surface area contributed by atoms with Gasteiger partial charge in [-0.2, -0.15) is 0 Å². The van der Waals surface area contributed by atoms with Crippen LogP contribution in [-0.4, -0.2) is 23.7 Å². The van der Waals surface area contributed by atoms with Crippen molar-refractivity contribution in [3.63, 3.8) is 0 Å². The summed E-state index contributed by atoms with van der Waals surface area (Å²) in [6, 6.07) is 0. The summed E-state index contributed by atoms with van der Waals surface area (Å²) in [7, 11) is 0. The van der Waals surface area contributed by atoms with Crippen LogP contribution in [0.3, 0.4) is 0 Å². The molecule has 2 atom stereocenters. The van der Waals surface area contributed by atoms with E-state index in [2.05, 4.69) is 0 Å². The summed E-state index contributed by atoms with van der Waals surface area (Å²) in [5.41, 5.74) is -0.885. The third-order valence-corrected chi connectivity index (χ3v) is 6.36. The molecule has 0 spiro atoms. The van der Waals surface area contributed by atoms with Gasteiger partial charge in [-0.05, 0) is 50.9 Å². The molecule has 2 saturated carbocycles. The summed E-state index contributed by atoms with van der Waals surface area (Å²) in [6.45, 7) is 4.26. The largest absolute Gasteiger partial charge is 0.481 e. The topological polar surface area (TPSA) is 63.6 Å². The van der Waals surface area contributed by atoms with Gasteiger partial charge in [0.05, 0.1) is 17.9 Å². The van der Waals surface area contributed by atoms with Crippen LogP contribution in [0.2, 0.25) is 0 Å². The van der Waals surface area contributed by atoms with E-state index in [0.29, 0.717) is 6.61 Å². The van der Waals surface area contributed by atoms with Gasteiger partial charge in [0, 0.05) is 0 Å². The van der Waals surface area contributed by atoms with Gasteiger partial charge in [0.25, 0.3) is 0 Å². The fourth-order valence-corrected chi connectivity index (χ4v) is 5.02. The molecule has 0 aliphatic heterocycles. The van der Waals surface area contributed by atoms with Crippen molar-refractivity contribution in [2.24, 2.45) is 23.2 Å². The average molecular weight is 338 g/mol. The molecule has 4 nitrogen and oxygen atoms in total.